The van der Waals surface area contributed by atoms with Crippen LogP contribution in [0.4, 0.5) is 14.6 Å². The summed E-state index contributed by atoms with van der Waals surface area (Å²) < 4.78 is 28.5. The molecule has 0 radical (unpaired) electrons. The van der Waals surface area contributed by atoms with E-state index in [0.29, 0.717) is 11.4 Å². The van der Waals surface area contributed by atoms with E-state index in [9.17, 15) is 8.78 Å². The normalized spacial score (nSPS) is 10.7. The van der Waals surface area contributed by atoms with Gasteiger partial charge in [0.25, 0.3) is 0 Å². The van der Waals surface area contributed by atoms with Gasteiger partial charge in [0.15, 0.2) is 0 Å². The van der Waals surface area contributed by atoms with Gasteiger partial charge in [-0.3, -0.25) is 4.68 Å². The van der Waals surface area contributed by atoms with Crippen LogP contribution in [0.5, 0.6) is 0 Å². The van der Waals surface area contributed by atoms with Crippen LogP contribution in [0.1, 0.15) is 11.1 Å². The van der Waals surface area contributed by atoms with Gasteiger partial charge in [0.1, 0.15) is 17.5 Å². The highest BCUT2D eigenvalue weighted by Gasteiger charge is 2.12. The first-order valence-corrected chi connectivity index (χ1v) is 4.80. The number of hydrogen-bond donors (Lipinski definition) is 1. The topological polar surface area (TPSA) is 43.8 Å². The maximum Gasteiger partial charge on any atom is 0.145 e. The molecule has 84 valence electrons. The number of aryl methyl sites for hydroxylation is 1. The molecule has 1 aromatic carbocycles. The van der Waals surface area contributed by atoms with Crippen LogP contribution in [0.15, 0.2) is 24.4 Å². The molecule has 1 heterocycles. The van der Waals surface area contributed by atoms with E-state index in [1.165, 1.54) is 16.8 Å². The van der Waals surface area contributed by atoms with Crippen LogP contribution < -0.4 is 5.73 Å². The van der Waals surface area contributed by atoms with Crippen LogP contribution >= 0.6 is 0 Å². The van der Waals surface area contributed by atoms with Gasteiger partial charge in [0, 0.05) is 11.8 Å². The minimum absolute atomic E-state index is 0.00287. The van der Waals surface area contributed by atoms with E-state index < -0.39 is 11.6 Å². The maximum absolute atomic E-state index is 13.6. The largest absolute Gasteiger partial charge is 0.382 e. The highest BCUT2D eigenvalue weighted by atomic mass is 19.1. The lowest BCUT2D eigenvalue weighted by molar-refractivity contribution is 0.528. The van der Waals surface area contributed by atoms with Crippen molar-refractivity contribution in [3.05, 3.63) is 47.2 Å². The molecule has 1 aromatic heterocycles. The summed E-state index contributed by atoms with van der Waals surface area (Å²) in [6, 6.07) is 4.23. The minimum Gasteiger partial charge on any atom is -0.382 e. The Morgan fingerprint density at radius 3 is 2.69 bits per heavy atom. The van der Waals surface area contributed by atoms with Gasteiger partial charge in [-0.1, -0.05) is 6.07 Å². The zero-order valence-corrected chi connectivity index (χ0v) is 8.74. The fourth-order valence-electron chi connectivity index (χ4n) is 1.49. The van der Waals surface area contributed by atoms with E-state index in [1.807, 2.05) is 0 Å². The van der Waals surface area contributed by atoms with Crippen molar-refractivity contribution in [3.63, 3.8) is 0 Å². The predicted molar refractivity (Wildman–Crippen MR) is 56.8 cm³/mol. The van der Waals surface area contributed by atoms with Crippen molar-refractivity contribution >= 4 is 5.82 Å². The summed E-state index contributed by atoms with van der Waals surface area (Å²) in [4.78, 5) is 0. The van der Waals surface area contributed by atoms with Crippen molar-refractivity contribution in [2.75, 3.05) is 5.73 Å². The molecular formula is C11H11F2N3. The third-order valence-corrected chi connectivity index (χ3v) is 2.36. The van der Waals surface area contributed by atoms with E-state index in [4.69, 9.17) is 5.73 Å². The Balaban J connectivity index is 2.37. The lowest BCUT2D eigenvalue weighted by atomic mass is 10.1. The number of hydrogen-bond acceptors (Lipinski definition) is 2. The second kappa shape index (κ2) is 3.92. The molecular weight excluding hydrogens is 212 g/mol. The molecule has 0 saturated carbocycles. The zero-order valence-electron chi connectivity index (χ0n) is 8.74. The van der Waals surface area contributed by atoms with E-state index in [0.717, 1.165) is 0 Å². The van der Waals surface area contributed by atoms with Gasteiger partial charge >= 0.3 is 0 Å². The maximum atomic E-state index is 13.6. The van der Waals surface area contributed by atoms with E-state index in [1.54, 1.807) is 19.2 Å². The number of halogens is 2. The fraction of sp³-hybridized carbons (Fsp3) is 0.182. The Morgan fingerprint density at radius 1 is 1.31 bits per heavy atom. The van der Waals surface area contributed by atoms with Crippen LogP contribution in [0.2, 0.25) is 0 Å². The summed E-state index contributed by atoms with van der Waals surface area (Å²) in [5.74, 6) is -0.778. The van der Waals surface area contributed by atoms with E-state index in [2.05, 4.69) is 5.10 Å². The molecule has 0 fully saturated rings. The summed E-state index contributed by atoms with van der Waals surface area (Å²) in [7, 11) is 0. The molecule has 2 N–H and O–H groups in total. The Hall–Kier alpha value is -1.91. The molecule has 0 aliphatic rings. The third kappa shape index (κ3) is 1.88. The molecule has 0 spiro atoms. The summed E-state index contributed by atoms with van der Waals surface area (Å²) in [6.07, 6.45) is 1.58. The number of rotatable bonds is 2. The SMILES string of the molecule is Cc1ccc(F)c(Cn2ccc(N)n2)c1F. The van der Waals surface area contributed by atoms with Gasteiger partial charge in [-0.15, -0.1) is 0 Å². The van der Waals surface area contributed by atoms with Gasteiger partial charge in [0.05, 0.1) is 6.54 Å². The number of nitrogens with two attached hydrogens (primary N) is 1. The van der Waals surface area contributed by atoms with Crippen molar-refractivity contribution in [2.24, 2.45) is 0 Å². The van der Waals surface area contributed by atoms with Gasteiger partial charge in [-0.25, -0.2) is 8.78 Å². The molecule has 16 heavy (non-hydrogen) atoms. The first kappa shape index (κ1) is 10.6. The smallest absolute Gasteiger partial charge is 0.145 e. The average Bonchev–Trinajstić information content (AvgIpc) is 2.65. The summed E-state index contributed by atoms with van der Waals surface area (Å²) >= 11 is 0. The monoisotopic (exact) mass is 223 g/mol. The van der Waals surface area contributed by atoms with Crippen molar-refractivity contribution < 1.29 is 8.78 Å². The number of aromatic nitrogens is 2. The van der Waals surface area contributed by atoms with Gasteiger partial charge in [-0.2, -0.15) is 5.10 Å². The molecule has 0 aliphatic carbocycles. The first-order chi connectivity index (χ1) is 7.58. The fourth-order valence-corrected chi connectivity index (χ4v) is 1.49. The number of nitrogen functional groups attached to an aromatic ring is 1. The Bertz CT molecular complexity index is 520. The van der Waals surface area contributed by atoms with Gasteiger partial charge in [-0.05, 0) is 24.6 Å². The van der Waals surface area contributed by atoms with Crippen molar-refractivity contribution in [1.82, 2.24) is 9.78 Å². The zero-order chi connectivity index (χ0) is 11.7. The summed E-state index contributed by atoms with van der Waals surface area (Å²) in [5, 5.41) is 3.88. The molecule has 0 saturated heterocycles. The summed E-state index contributed by atoms with van der Waals surface area (Å²) in [6.45, 7) is 1.63. The molecule has 5 heteroatoms. The molecule has 3 nitrogen and oxygen atoms in total. The summed E-state index contributed by atoms with van der Waals surface area (Å²) in [5.41, 5.74) is 5.84. The minimum atomic E-state index is -0.572. The van der Waals surface area contributed by atoms with Crippen LogP contribution in [0, 0.1) is 18.6 Å². The van der Waals surface area contributed by atoms with E-state index >= 15 is 0 Å². The van der Waals surface area contributed by atoms with Gasteiger partial charge < -0.3 is 5.73 Å². The average molecular weight is 223 g/mol. The second-order valence-electron chi connectivity index (χ2n) is 3.60. The molecule has 0 unspecified atom stereocenters. The number of nitrogens with zero attached hydrogens (tertiary/aromatic N) is 2. The Morgan fingerprint density at radius 2 is 2.06 bits per heavy atom. The third-order valence-electron chi connectivity index (χ3n) is 2.36. The quantitative estimate of drug-likeness (QED) is 0.847. The molecule has 2 rings (SSSR count). The number of benzene rings is 1. The lowest BCUT2D eigenvalue weighted by Crippen LogP contribution is -2.06. The molecule has 2 aromatic rings. The molecule has 0 amide bonds. The highest BCUT2D eigenvalue weighted by Crippen LogP contribution is 2.17. The predicted octanol–water partition coefficient (Wildman–Crippen LogP) is 2.10. The molecule has 0 bridgehead atoms. The lowest BCUT2D eigenvalue weighted by Gasteiger charge is -2.07. The second-order valence-corrected chi connectivity index (χ2v) is 3.60. The Kier molecular flexibility index (Phi) is 2.60. The Labute approximate surface area is 91.5 Å². The van der Waals surface area contributed by atoms with Crippen LogP contribution in [0.3, 0.4) is 0 Å². The van der Waals surface area contributed by atoms with Crippen molar-refractivity contribution in [2.45, 2.75) is 13.5 Å². The first-order valence-electron chi connectivity index (χ1n) is 4.80. The van der Waals surface area contributed by atoms with Crippen LogP contribution in [-0.4, -0.2) is 9.78 Å². The van der Waals surface area contributed by atoms with Crippen molar-refractivity contribution in [1.29, 1.82) is 0 Å². The molecule has 0 atom stereocenters. The van der Waals surface area contributed by atoms with Gasteiger partial charge in [0.2, 0.25) is 0 Å². The van der Waals surface area contributed by atoms with E-state index in [-0.39, 0.29) is 12.1 Å². The van der Waals surface area contributed by atoms with Crippen molar-refractivity contribution in [3.8, 4) is 0 Å². The highest BCUT2D eigenvalue weighted by molar-refractivity contribution is 5.28. The van der Waals surface area contributed by atoms with Crippen LogP contribution in [-0.2, 0) is 6.54 Å². The number of anilines is 1. The standard InChI is InChI=1S/C11H11F2N3/c1-7-2-3-9(12)8(11(7)13)6-16-5-4-10(14)15-16/h2-5H,6H2,1H3,(H2,14,15). The molecule has 0 aliphatic heterocycles. The van der Waals surface area contributed by atoms with Crippen LogP contribution in [0.25, 0.3) is 0 Å².